The summed E-state index contributed by atoms with van der Waals surface area (Å²) >= 11 is 0. The summed E-state index contributed by atoms with van der Waals surface area (Å²) in [4.78, 5) is 6.08. The second-order valence-electron chi connectivity index (χ2n) is 19.5. The molecular formula is C55H66N2. The number of anilines is 1. The number of benzene rings is 2. The summed E-state index contributed by atoms with van der Waals surface area (Å²) in [5.74, 6) is 2.76. The summed E-state index contributed by atoms with van der Waals surface area (Å²) in [5, 5.41) is 0. The molecule has 296 valence electrons. The van der Waals surface area contributed by atoms with Crippen molar-refractivity contribution in [1.82, 2.24) is 4.90 Å². The first-order chi connectivity index (χ1) is 28.3. The van der Waals surface area contributed by atoms with Crippen molar-refractivity contribution in [3.63, 3.8) is 0 Å². The summed E-state index contributed by atoms with van der Waals surface area (Å²) in [6, 6.07) is 23.8. The van der Waals surface area contributed by atoms with E-state index in [-0.39, 0.29) is 5.41 Å². The zero-order chi connectivity index (χ0) is 37.8. The van der Waals surface area contributed by atoms with Crippen molar-refractivity contribution in [2.24, 2.45) is 23.7 Å². The minimum Gasteiger partial charge on any atom is -0.342 e. The van der Waals surface area contributed by atoms with Gasteiger partial charge < -0.3 is 4.90 Å². The van der Waals surface area contributed by atoms with Gasteiger partial charge in [0.25, 0.3) is 0 Å². The molecule has 1 spiro atoms. The number of hydrogen-bond acceptors (Lipinski definition) is 2. The monoisotopic (exact) mass is 755 g/mol. The molecule has 2 aromatic carbocycles. The molecule has 0 amide bonds. The van der Waals surface area contributed by atoms with E-state index in [0.717, 1.165) is 0 Å². The molecule has 9 atom stereocenters. The molecule has 0 heterocycles. The highest BCUT2D eigenvalue weighted by molar-refractivity contribution is 5.63. The van der Waals surface area contributed by atoms with Gasteiger partial charge in [0, 0.05) is 46.9 Å². The molecule has 2 aromatic rings. The molecule has 2 heteroatoms. The van der Waals surface area contributed by atoms with Crippen molar-refractivity contribution in [2.75, 3.05) is 4.90 Å². The minimum absolute atomic E-state index is 0.0243. The Kier molecular flexibility index (Phi) is 9.93. The van der Waals surface area contributed by atoms with E-state index in [4.69, 9.17) is 0 Å². The van der Waals surface area contributed by atoms with E-state index in [1.165, 1.54) is 128 Å². The van der Waals surface area contributed by atoms with Gasteiger partial charge in [0.2, 0.25) is 0 Å². The lowest BCUT2D eigenvalue weighted by molar-refractivity contribution is 0.0124. The fourth-order valence-electron chi connectivity index (χ4n) is 14.8. The molecule has 9 aliphatic rings. The summed E-state index contributed by atoms with van der Waals surface area (Å²) in [7, 11) is 0. The van der Waals surface area contributed by atoms with Crippen LogP contribution >= 0.6 is 0 Å². The van der Waals surface area contributed by atoms with Crippen LogP contribution in [0.1, 0.15) is 139 Å². The fraction of sp³-hybridized carbons (Fsp3) is 0.527. The van der Waals surface area contributed by atoms with Crippen LogP contribution in [0.5, 0.6) is 0 Å². The van der Waals surface area contributed by atoms with Gasteiger partial charge in [0.1, 0.15) is 0 Å². The van der Waals surface area contributed by atoms with Crippen LogP contribution < -0.4 is 4.90 Å². The third-order valence-electron chi connectivity index (χ3n) is 16.8. The van der Waals surface area contributed by atoms with Gasteiger partial charge in [0.15, 0.2) is 0 Å². The van der Waals surface area contributed by atoms with Gasteiger partial charge >= 0.3 is 0 Å². The van der Waals surface area contributed by atoms with Crippen molar-refractivity contribution in [1.29, 1.82) is 0 Å². The van der Waals surface area contributed by atoms with Crippen molar-refractivity contribution in [3.8, 4) is 0 Å². The number of rotatable bonds is 7. The number of hydrogen-bond donors (Lipinski definition) is 0. The average Bonchev–Trinajstić information content (AvgIpc) is 3.76. The van der Waals surface area contributed by atoms with E-state index in [9.17, 15) is 0 Å². The van der Waals surface area contributed by atoms with Gasteiger partial charge in [-0.3, -0.25) is 4.90 Å². The Morgan fingerprint density at radius 1 is 0.596 bits per heavy atom. The molecule has 2 fully saturated rings. The standard InChI is InChI=1S/C55H66N2/c1-5-20-39(21-6-1)44-28-15-18-34-52(44)57(42-26-11-4-12-27-42)53-35-19-33-50-54(53)47-30-14-17-32-49(47)55(50)48-31-16-13-29-45(48)46-37-36-43(38-51(46)55)56(40-22-7-2-8-23-40)41-24-9-3-10-25-41/h2,5,7-8,11,13-14,16,19-23,26,29-31,33,38,41-42,44,46,50-54H,1,3-4,6,9-10,12,15,17-18,24-25,27-28,32,34-37H2. The van der Waals surface area contributed by atoms with Crippen LogP contribution in [-0.4, -0.2) is 29.1 Å². The predicted molar refractivity (Wildman–Crippen MR) is 238 cm³/mol. The molecular weight excluding hydrogens is 689 g/mol. The van der Waals surface area contributed by atoms with Crippen LogP contribution in [0.2, 0.25) is 0 Å². The van der Waals surface area contributed by atoms with Crippen LogP contribution in [0.25, 0.3) is 0 Å². The smallest absolute Gasteiger partial charge is 0.0410 e. The topological polar surface area (TPSA) is 6.48 Å². The number of nitrogens with zero attached hydrogens (tertiary/aromatic N) is 2. The Morgan fingerprint density at radius 3 is 2.30 bits per heavy atom. The average molecular weight is 755 g/mol. The first kappa shape index (κ1) is 36.5. The minimum atomic E-state index is 0.0243. The lowest BCUT2D eigenvalue weighted by Gasteiger charge is -2.53. The fourth-order valence-corrected chi connectivity index (χ4v) is 14.8. The predicted octanol–water partition coefficient (Wildman–Crippen LogP) is 13.6. The highest BCUT2D eigenvalue weighted by Crippen LogP contribution is 2.70. The van der Waals surface area contributed by atoms with Gasteiger partial charge in [-0.05, 0) is 148 Å². The Balaban J connectivity index is 1.06. The van der Waals surface area contributed by atoms with Crippen LogP contribution in [0.4, 0.5) is 5.69 Å². The first-order valence-corrected chi connectivity index (χ1v) is 23.8. The Labute approximate surface area is 344 Å². The quantitative estimate of drug-likeness (QED) is 0.260. The second kappa shape index (κ2) is 15.5. The Bertz CT molecular complexity index is 2020. The molecule has 0 saturated heterocycles. The normalized spacial score (nSPS) is 35.8. The second-order valence-corrected chi connectivity index (χ2v) is 19.5. The van der Waals surface area contributed by atoms with E-state index in [1.807, 2.05) is 5.57 Å². The van der Waals surface area contributed by atoms with Gasteiger partial charge in [0.05, 0.1) is 0 Å². The molecule has 9 unspecified atom stereocenters. The van der Waals surface area contributed by atoms with Gasteiger partial charge in [-0.1, -0.05) is 141 Å². The molecule has 57 heavy (non-hydrogen) atoms. The molecule has 0 aromatic heterocycles. The summed E-state index contributed by atoms with van der Waals surface area (Å²) in [6.07, 6.45) is 51.1. The van der Waals surface area contributed by atoms with E-state index in [0.29, 0.717) is 53.8 Å². The van der Waals surface area contributed by atoms with Gasteiger partial charge in [-0.15, -0.1) is 0 Å². The molecule has 0 bridgehead atoms. The van der Waals surface area contributed by atoms with E-state index >= 15 is 0 Å². The third-order valence-corrected chi connectivity index (χ3v) is 16.8. The van der Waals surface area contributed by atoms with E-state index < -0.39 is 0 Å². The Morgan fingerprint density at radius 2 is 1.44 bits per heavy atom. The van der Waals surface area contributed by atoms with Gasteiger partial charge in [-0.2, -0.15) is 0 Å². The number of allylic oxidation sites excluding steroid dienone is 10. The zero-order valence-corrected chi connectivity index (χ0v) is 34.5. The SMILES string of the molecule is C1=CC(C2CCCCC2N(C2C=CCCC2)C2CC=CC3C2C2=C(CCC=C2)C32c3ccccc3C3CCC(N(c4ccccc4)C4CCCCC4)=CC32)=CCC1. The largest absolute Gasteiger partial charge is 0.342 e. The summed E-state index contributed by atoms with van der Waals surface area (Å²) in [5.41, 5.74) is 11.7. The van der Waals surface area contributed by atoms with E-state index in [2.05, 4.69) is 125 Å². The molecule has 11 rings (SSSR count). The van der Waals surface area contributed by atoms with Crippen molar-refractivity contribution >= 4 is 5.69 Å². The number of para-hydroxylation sites is 1. The molecule has 2 saturated carbocycles. The first-order valence-electron chi connectivity index (χ1n) is 23.8. The molecule has 2 nitrogen and oxygen atoms in total. The highest BCUT2D eigenvalue weighted by atomic mass is 15.2. The molecule has 0 radical (unpaired) electrons. The summed E-state index contributed by atoms with van der Waals surface area (Å²) < 4.78 is 0. The third kappa shape index (κ3) is 6.04. The van der Waals surface area contributed by atoms with Crippen molar-refractivity contribution in [2.45, 2.75) is 157 Å². The summed E-state index contributed by atoms with van der Waals surface area (Å²) in [6.45, 7) is 0. The lowest BCUT2D eigenvalue weighted by atomic mass is 9.58. The van der Waals surface area contributed by atoms with Crippen LogP contribution in [0.15, 0.2) is 138 Å². The van der Waals surface area contributed by atoms with Crippen molar-refractivity contribution in [3.05, 3.63) is 149 Å². The Hall–Kier alpha value is -3.62. The maximum absolute atomic E-state index is 3.22. The highest BCUT2D eigenvalue weighted by Gasteiger charge is 2.65. The maximum atomic E-state index is 3.22. The molecule has 9 aliphatic carbocycles. The zero-order valence-electron chi connectivity index (χ0n) is 34.5. The lowest BCUT2D eigenvalue weighted by Crippen LogP contribution is -2.57. The van der Waals surface area contributed by atoms with Crippen LogP contribution in [-0.2, 0) is 5.41 Å². The van der Waals surface area contributed by atoms with E-state index in [1.54, 1.807) is 28.0 Å². The molecule has 0 N–H and O–H groups in total. The number of fused-ring (bicyclic) bond motifs is 9. The van der Waals surface area contributed by atoms with Crippen LogP contribution in [0, 0.1) is 23.7 Å². The van der Waals surface area contributed by atoms with Crippen LogP contribution in [0.3, 0.4) is 0 Å². The van der Waals surface area contributed by atoms with Gasteiger partial charge in [-0.25, -0.2) is 0 Å². The molecule has 0 aliphatic heterocycles. The maximum Gasteiger partial charge on any atom is 0.0410 e. The van der Waals surface area contributed by atoms with Crippen molar-refractivity contribution < 1.29 is 0 Å².